The first-order chi connectivity index (χ1) is 36.1. The molecule has 0 radical (unpaired) electrons. The minimum atomic E-state index is -0.290. The minimum Gasteiger partial charge on any atom is -0.311 e. The Bertz CT molecular complexity index is 3670. The fourth-order valence-electron chi connectivity index (χ4n) is 12.6. The van der Waals surface area contributed by atoms with Gasteiger partial charge in [0.25, 0.3) is 6.71 Å². The Morgan fingerprint density at radius 2 is 0.816 bits per heavy atom. The predicted molar refractivity (Wildman–Crippen MR) is 327 cm³/mol. The fraction of sp³-hybridized carbons (Fsp3) is 0.250. The molecule has 0 aromatic heterocycles. The van der Waals surface area contributed by atoms with E-state index in [0.717, 1.165) is 17.1 Å². The molecule has 378 valence electrons. The van der Waals surface area contributed by atoms with Crippen molar-refractivity contribution in [2.75, 3.05) is 14.7 Å². The Morgan fingerprint density at radius 1 is 0.329 bits per heavy atom. The highest BCUT2D eigenvalue weighted by molar-refractivity contribution is 7.00. The summed E-state index contributed by atoms with van der Waals surface area (Å²) >= 11 is 0. The Labute approximate surface area is 454 Å². The number of rotatable bonds is 6. The lowest BCUT2D eigenvalue weighted by Crippen LogP contribution is -2.61. The van der Waals surface area contributed by atoms with Crippen LogP contribution in [0.3, 0.4) is 0 Å². The molecule has 0 spiro atoms. The summed E-state index contributed by atoms with van der Waals surface area (Å²) in [4.78, 5) is 7.82. The third-order valence-electron chi connectivity index (χ3n) is 17.2. The van der Waals surface area contributed by atoms with E-state index in [-0.39, 0.29) is 33.8 Å². The fourth-order valence-corrected chi connectivity index (χ4v) is 12.6. The zero-order valence-corrected chi connectivity index (χ0v) is 47.0. The molecule has 0 amide bonds. The Kier molecular flexibility index (Phi) is 11.4. The molecule has 4 heteroatoms. The van der Waals surface area contributed by atoms with Gasteiger partial charge in [-0.1, -0.05) is 230 Å². The molecule has 12 rings (SSSR count). The molecule has 9 aromatic rings. The molecule has 0 fully saturated rings. The second-order valence-corrected chi connectivity index (χ2v) is 25.9. The normalized spacial score (nSPS) is 14.6. The molecular formula is C72H72BN3. The highest BCUT2D eigenvalue weighted by Crippen LogP contribution is 2.55. The van der Waals surface area contributed by atoms with Crippen LogP contribution in [0.4, 0.5) is 51.2 Å². The smallest absolute Gasteiger partial charge is 0.252 e. The SMILES string of the molecule is CC(C)(C)c1ccc(N2c3ccc(C(C)(C)C)cc3B3c4ccc(C(C)(C)c5ccccc5)cc4N(c4ccc(C(C)(C)C)cc4-c4ccccc4)c4cc(N5c6ccccc6C(C)(C)c6ccccc65)cc2c43)cc1. The molecule has 0 unspecified atom stereocenters. The summed E-state index contributed by atoms with van der Waals surface area (Å²) in [7, 11) is 0. The zero-order chi connectivity index (χ0) is 53.3. The predicted octanol–water partition coefficient (Wildman–Crippen LogP) is 17.8. The number of para-hydroxylation sites is 2. The van der Waals surface area contributed by atoms with Gasteiger partial charge in [0, 0.05) is 44.8 Å². The van der Waals surface area contributed by atoms with Crippen molar-refractivity contribution in [1.29, 1.82) is 0 Å². The molecule has 0 saturated carbocycles. The van der Waals surface area contributed by atoms with Crippen LogP contribution in [0, 0.1) is 0 Å². The van der Waals surface area contributed by atoms with Gasteiger partial charge in [-0.2, -0.15) is 0 Å². The number of hydrogen-bond acceptors (Lipinski definition) is 3. The number of benzene rings is 9. The van der Waals surface area contributed by atoms with Crippen molar-refractivity contribution in [2.45, 2.75) is 117 Å². The second-order valence-electron chi connectivity index (χ2n) is 25.9. The Morgan fingerprint density at radius 3 is 1.41 bits per heavy atom. The molecule has 3 nitrogen and oxygen atoms in total. The molecule has 3 aliphatic heterocycles. The van der Waals surface area contributed by atoms with Crippen LogP contribution in [0.2, 0.25) is 0 Å². The molecule has 0 N–H and O–H groups in total. The topological polar surface area (TPSA) is 9.72 Å². The van der Waals surface area contributed by atoms with Gasteiger partial charge in [0.2, 0.25) is 0 Å². The molecule has 76 heavy (non-hydrogen) atoms. The van der Waals surface area contributed by atoms with E-state index in [1.165, 1.54) is 101 Å². The average Bonchev–Trinajstić information content (AvgIpc) is 3.52. The number of nitrogens with zero attached hydrogens (tertiary/aromatic N) is 3. The van der Waals surface area contributed by atoms with Crippen molar-refractivity contribution >= 4 is 74.3 Å². The van der Waals surface area contributed by atoms with Crippen molar-refractivity contribution < 1.29 is 0 Å². The van der Waals surface area contributed by atoms with E-state index in [2.05, 4.69) is 305 Å². The van der Waals surface area contributed by atoms with Crippen LogP contribution in [-0.2, 0) is 27.1 Å². The zero-order valence-electron chi connectivity index (χ0n) is 47.0. The second kappa shape index (κ2) is 17.5. The molecule has 0 bridgehead atoms. The maximum absolute atomic E-state index is 2.67. The van der Waals surface area contributed by atoms with Crippen LogP contribution < -0.4 is 31.1 Å². The van der Waals surface area contributed by atoms with Gasteiger partial charge >= 0.3 is 0 Å². The summed E-state index contributed by atoms with van der Waals surface area (Å²) < 4.78 is 0. The summed E-state index contributed by atoms with van der Waals surface area (Å²) in [6, 6.07) is 76.9. The average molecular weight is 990 g/mol. The van der Waals surface area contributed by atoms with E-state index < -0.39 is 0 Å². The van der Waals surface area contributed by atoms with Gasteiger partial charge in [0.1, 0.15) is 0 Å². The van der Waals surface area contributed by atoms with Crippen LogP contribution in [-0.4, -0.2) is 6.71 Å². The van der Waals surface area contributed by atoms with Crippen molar-refractivity contribution in [3.05, 3.63) is 239 Å². The van der Waals surface area contributed by atoms with Crippen LogP contribution in [0.25, 0.3) is 11.1 Å². The number of fused-ring (bicyclic) bond motifs is 6. The van der Waals surface area contributed by atoms with Gasteiger partial charge in [-0.25, -0.2) is 0 Å². The first-order valence-corrected chi connectivity index (χ1v) is 27.5. The standard InChI is InChI=1S/C72H72BN3/c1-68(2,3)48-32-37-53(38-33-48)74-63-41-36-51(70(7,8)9)43-59(63)73-58-39-34-52(71(10,11)49-26-18-15-19-27-49)44-64(58)76(60-40-35-50(69(4,5)6)42-55(60)47-24-16-14-17-25-47)66-46-54(45-65(74)67(66)73)75-61-30-22-20-28-56(61)72(12,13)57-29-21-23-31-62(57)75/h14-46H,1-13H3. The Hall–Kier alpha value is -7.56. The molecule has 0 atom stereocenters. The summed E-state index contributed by atoms with van der Waals surface area (Å²) in [6.45, 7) is 30.4. The first kappa shape index (κ1) is 49.3. The molecule has 3 heterocycles. The van der Waals surface area contributed by atoms with Gasteiger partial charge in [-0.05, 0) is 138 Å². The highest BCUT2D eigenvalue weighted by Gasteiger charge is 2.46. The van der Waals surface area contributed by atoms with E-state index in [4.69, 9.17) is 0 Å². The van der Waals surface area contributed by atoms with Crippen LogP contribution in [0.5, 0.6) is 0 Å². The summed E-state index contributed by atoms with van der Waals surface area (Å²) in [5.74, 6) is 0. The van der Waals surface area contributed by atoms with E-state index in [0.29, 0.717) is 0 Å². The third kappa shape index (κ3) is 7.93. The van der Waals surface area contributed by atoms with Crippen molar-refractivity contribution in [3.8, 4) is 11.1 Å². The first-order valence-electron chi connectivity index (χ1n) is 27.5. The van der Waals surface area contributed by atoms with Crippen molar-refractivity contribution in [1.82, 2.24) is 0 Å². The molecule has 9 aromatic carbocycles. The monoisotopic (exact) mass is 990 g/mol. The molecule has 0 aliphatic carbocycles. The quantitative estimate of drug-likeness (QED) is 0.154. The maximum atomic E-state index is 2.67. The van der Waals surface area contributed by atoms with E-state index in [1.807, 2.05) is 0 Å². The van der Waals surface area contributed by atoms with Crippen LogP contribution in [0.15, 0.2) is 200 Å². The minimum absolute atomic E-state index is 0.00405. The number of anilines is 9. The summed E-state index contributed by atoms with van der Waals surface area (Å²) in [6.07, 6.45) is 0. The molecule has 0 saturated heterocycles. The van der Waals surface area contributed by atoms with E-state index in [9.17, 15) is 0 Å². The lowest BCUT2D eigenvalue weighted by Gasteiger charge is -2.47. The van der Waals surface area contributed by atoms with Crippen LogP contribution in [0.1, 0.15) is 129 Å². The lowest BCUT2D eigenvalue weighted by atomic mass is 9.33. The number of hydrogen-bond donors (Lipinski definition) is 0. The third-order valence-corrected chi connectivity index (χ3v) is 17.2. The van der Waals surface area contributed by atoms with Gasteiger partial charge in [0.05, 0.1) is 22.7 Å². The molecule has 3 aliphatic rings. The van der Waals surface area contributed by atoms with E-state index in [1.54, 1.807) is 0 Å². The van der Waals surface area contributed by atoms with E-state index >= 15 is 0 Å². The largest absolute Gasteiger partial charge is 0.311 e. The van der Waals surface area contributed by atoms with Crippen LogP contribution >= 0.6 is 0 Å². The van der Waals surface area contributed by atoms with Gasteiger partial charge < -0.3 is 14.7 Å². The highest BCUT2D eigenvalue weighted by atomic mass is 15.2. The maximum Gasteiger partial charge on any atom is 0.252 e. The summed E-state index contributed by atoms with van der Waals surface area (Å²) in [5.41, 5.74) is 25.5. The van der Waals surface area contributed by atoms with Gasteiger partial charge in [-0.3, -0.25) is 0 Å². The molecular weight excluding hydrogens is 918 g/mol. The lowest BCUT2D eigenvalue weighted by molar-refractivity contribution is 0.590. The summed E-state index contributed by atoms with van der Waals surface area (Å²) in [5, 5.41) is 0. The van der Waals surface area contributed by atoms with Gasteiger partial charge in [-0.15, -0.1) is 0 Å². The van der Waals surface area contributed by atoms with Gasteiger partial charge in [0.15, 0.2) is 0 Å². The van der Waals surface area contributed by atoms with Crippen molar-refractivity contribution in [3.63, 3.8) is 0 Å². The Balaban J connectivity index is 1.25. The van der Waals surface area contributed by atoms with Crippen molar-refractivity contribution in [2.24, 2.45) is 0 Å².